The Balaban J connectivity index is 2.57. The average molecular weight is 185 g/mol. The third-order valence-electron chi connectivity index (χ3n) is 2.92. The highest BCUT2D eigenvalue weighted by atomic mass is 16.4. The van der Waals surface area contributed by atoms with Gasteiger partial charge in [-0.3, -0.25) is 0 Å². The molecule has 0 saturated carbocycles. The van der Waals surface area contributed by atoms with Gasteiger partial charge in [-0.1, -0.05) is 20.8 Å². The quantitative estimate of drug-likeness (QED) is 0.629. The third-order valence-corrected chi connectivity index (χ3v) is 2.92. The van der Waals surface area contributed by atoms with E-state index in [4.69, 9.17) is 5.11 Å². The Morgan fingerprint density at radius 3 is 2.54 bits per heavy atom. The van der Waals surface area contributed by atoms with Gasteiger partial charge in [0, 0.05) is 13.1 Å². The molecule has 1 N–H and O–H groups in total. The Hall–Kier alpha value is -0.730. The first-order chi connectivity index (χ1) is 5.91. The van der Waals surface area contributed by atoms with Crippen molar-refractivity contribution in [2.24, 2.45) is 11.3 Å². The smallest absolute Gasteiger partial charge is 0.407 e. The van der Waals surface area contributed by atoms with Crippen molar-refractivity contribution in [1.29, 1.82) is 0 Å². The van der Waals surface area contributed by atoms with Crippen LogP contribution in [0, 0.1) is 11.3 Å². The zero-order chi connectivity index (χ0) is 10.1. The third kappa shape index (κ3) is 2.61. The van der Waals surface area contributed by atoms with E-state index in [-0.39, 0.29) is 5.41 Å². The van der Waals surface area contributed by atoms with Crippen LogP contribution >= 0.6 is 0 Å². The van der Waals surface area contributed by atoms with E-state index in [0.717, 1.165) is 12.8 Å². The van der Waals surface area contributed by atoms with Gasteiger partial charge in [0.25, 0.3) is 0 Å². The van der Waals surface area contributed by atoms with Gasteiger partial charge >= 0.3 is 6.09 Å². The number of nitrogens with zero attached hydrogens (tertiary/aromatic N) is 1. The molecule has 1 aliphatic heterocycles. The lowest BCUT2D eigenvalue weighted by molar-refractivity contribution is 0.0862. The van der Waals surface area contributed by atoms with Crippen LogP contribution in [-0.2, 0) is 0 Å². The van der Waals surface area contributed by atoms with Crippen LogP contribution in [0.1, 0.15) is 33.6 Å². The minimum absolute atomic E-state index is 0.230. The number of hydrogen-bond acceptors (Lipinski definition) is 1. The van der Waals surface area contributed by atoms with Gasteiger partial charge in [-0.05, 0) is 24.2 Å². The summed E-state index contributed by atoms with van der Waals surface area (Å²) in [6, 6.07) is 0. The summed E-state index contributed by atoms with van der Waals surface area (Å²) in [5, 5.41) is 8.85. The Kier molecular flexibility index (Phi) is 2.84. The topological polar surface area (TPSA) is 40.5 Å². The van der Waals surface area contributed by atoms with Crippen molar-refractivity contribution in [2.45, 2.75) is 33.6 Å². The van der Waals surface area contributed by atoms with Gasteiger partial charge in [-0.2, -0.15) is 0 Å². The summed E-state index contributed by atoms with van der Waals surface area (Å²) >= 11 is 0. The first kappa shape index (κ1) is 10.4. The van der Waals surface area contributed by atoms with Gasteiger partial charge in [0.15, 0.2) is 0 Å². The summed E-state index contributed by atoms with van der Waals surface area (Å²) in [5.74, 6) is 0.511. The molecule has 3 heteroatoms. The van der Waals surface area contributed by atoms with Gasteiger partial charge in [-0.25, -0.2) is 4.79 Å². The summed E-state index contributed by atoms with van der Waals surface area (Å²) < 4.78 is 0. The van der Waals surface area contributed by atoms with E-state index < -0.39 is 6.09 Å². The molecular formula is C10H19NO2. The molecule has 0 aliphatic carbocycles. The number of likely N-dealkylation sites (tertiary alicyclic amines) is 1. The molecule has 1 amide bonds. The van der Waals surface area contributed by atoms with Gasteiger partial charge in [0.2, 0.25) is 0 Å². The normalized spacial score (nSPS) is 24.5. The fourth-order valence-electron chi connectivity index (χ4n) is 1.86. The molecule has 13 heavy (non-hydrogen) atoms. The van der Waals surface area contributed by atoms with Crippen molar-refractivity contribution in [3.05, 3.63) is 0 Å². The minimum atomic E-state index is -0.769. The number of piperidine rings is 1. The summed E-state index contributed by atoms with van der Waals surface area (Å²) in [4.78, 5) is 12.3. The predicted octanol–water partition coefficient (Wildman–Crippen LogP) is 2.42. The van der Waals surface area contributed by atoms with E-state index in [0.29, 0.717) is 19.0 Å². The summed E-state index contributed by atoms with van der Waals surface area (Å²) in [5.41, 5.74) is 0.230. The van der Waals surface area contributed by atoms with Crippen LogP contribution in [0.2, 0.25) is 0 Å². The maximum Gasteiger partial charge on any atom is 0.407 e. The first-order valence-electron chi connectivity index (χ1n) is 4.89. The highest BCUT2D eigenvalue weighted by Gasteiger charge is 2.31. The zero-order valence-corrected chi connectivity index (χ0v) is 8.71. The molecule has 1 heterocycles. The maximum atomic E-state index is 10.8. The molecule has 0 aromatic heterocycles. The standard InChI is InChI=1S/C10H19NO2/c1-10(2,3)8-5-4-6-11(7-8)9(12)13/h8H,4-7H2,1-3H3,(H,12,13). The molecule has 1 saturated heterocycles. The number of hydrogen-bond donors (Lipinski definition) is 1. The SMILES string of the molecule is CC(C)(C)C1CCCN(C(=O)O)C1. The Labute approximate surface area is 79.7 Å². The van der Waals surface area contributed by atoms with Crippen LogP contribution in [0.25, 0.3) is 0 Å². The lowest BCUT2D eigenvalue weighted by atomic mass is 9.76. The summed E-state index contributed by atoms with van der Waals surface area (Å²) in [7, 11) is 0. The highest BCUT2D eigenvalue weighted by molar-refractivity contribution is 5.65. The molecule has 0 aromatic carbocycles. The fourth-order valence-corrected chi connectivity index (χ4v) is 1.86. The molecule has 3 nitrogen and oxygen atoms in total. The molecule has 1 atom stereocenters. The first-order valence-corrected chi connectivity index (χ1v) is 4.89. The van der Waals surface area contributed by atoms with Crippen LogP contribution in [0.15, 0.2) is 0 Å². The number of carboxylic acid groups (broad SMARTS) is 1. The molecule has 1 fully saturated rings. The molecule has 0 spiro atoms. The van der Waals surface area contributed by atoms with Crippen LogP contribution in [0.3, 0.4) is 0 Å². The van der Waals surface area contributed by atoms with Crippen molar-refractivity contribution < 1.29 is 9.90 Å². The van der Waals surface area contributed by atoms with E-state index >= 15 is 0 Å². The molecular weight excluding hydrogens is 166 g/mol. The fraction of sp³-hybridized carbons (Fsp3) is 0.900. The summed E-state index contributed by atoms with van der Waals surface area (Å²) in [6.45, 7) is 7.97. The van der Waals surface area contributed by atoms with Crippen LogP contribution in [-0.4, -0.2) is 29.2 Å². The zero-order valence-electron chi connectivity index (χ0n) is 8.71. The summed E-state index contributed by atoms with van der Waals surface area (Å²) in [6.07, 6.45) is 1.40. The van der Waals surface area contributed by atoms with E-state index in [1.165, 1.54) is 0 Å². The Morgan fingerprint density at radius 1 is 1.46 bits per heavy atom. The van der Waals surface area contributed by atoms with Crippen molar-refractivity contribution in [3.63, 3.8) is 0 Å². The van der Waals surface area contributed by atoms with Gasteiger partial charge in [0.1, 0.15) is 0 Å². The largest absolute Gasteiger partial charge is 0.465 e. The van der Waals surface area contributed by atoms with E-state index in [1.54, 1.807) is 4.90 Å². The van der Waals surface area contributed by atoms with Gasteiger partial charge in [-0.15, -0.1) is 0 Å². The molecule has 1 rings (SSSR count). The van der Waals surface area contributed by atoms with Crippen molar-refractivity contribution >= 4 is 6.09 Å². The van der Waals surface area contributed by atoms with Crippen LogP contribution in [0.5, 0.6) is 0 Å². The maximum absolute atomic E-state index is 10.8. The molecule has 0 radical (unpaired) electrons. The van der Waals surface area contributed by atoms with Crippen LogP contribution < -0.4 is 0 Å². The van der Waals surface area contributed by atoms with Gasteiger partial charge < -0.3 is 10.0 Å². The molecule has 0 aromatic rings. The predicted molar refractivity (Wildman–Crippen MR) is 51.8 cm³/mol. The second-order valence-electron chi connectivity index (χ2n) is 4.93. The highest BCUT2D eigenvalue weighted by Crippen LogP contribution is 2.33. The van der Waals surface area contributed by atoms with E-state index in [2.05, 4.69) is 20.8 Å². The van der Waals surface area contributed by atoms with E-state index in [9.17, 15) is 4.79 Å². The van der Waals surface area contributed by atoms with Crippen molar-refractivity contribution in [3.8, 4) is 0 Å². The second kappa shape index (κ2) is 3.56. The van der Waals surface area contributed by atoms with Crippen LogP contribution in [0.4, 0.5) is 4.79 Å². The Morgan fingerprint density at radius 2 is 2.08 bits per heavy atom. The number of rotatable bonds is 0. The lowest BCUT2D eigenvalue weighted by Gasteiger charge is -2.38. The molecule has 1 unspecified atom stereocenters. The Bertz CT molecular complexity index is 196. The molecule has 1 aliphatic rings. The number of carbonyl (C=O) groups is 1. The minimum Gasteiger partial charge on any atom is -0.465 e. The lowest BCUT2D eigenvalue weighted by Crippen LogP contribution is -2.43. The van der Waals surface area contributed by atoms with E-state index in [1.807, 2.05) is 0 Å². The monoisotopic (exact) mass is 185 g/mol. The van der Waals surface area contributed by atoms with Crippen molar-refractivity contribution in [1.82, 2.24) is 4.90 Å². The average Bonchev–Trinajstić information content (AvgIpc) is 2.03. The molecule has 0 bridgehead atoms. The van der Waals surface area contributed by atoms with Gasteiger partial charge in [0.05, 0.1) is 0 Å². The number of amides is 1. The van der Waals surface area contributed by atoms with Crippen molar-refractivity contribution in [2.75, 3.05) is 13.1 Å². The second-order valence-corrected chi connectivity index (χ2v) is 4.93. The molecule has 76 valence electrons.